The molecule has 0 aliphatic rings. The molecule has 0 fully saturated rings. The summed E-state index contributed by atoms with van der Waals surface area (Å²) in [6.07, 6.45) is 1.34. The molecule has 1 aromatic heterocycles. The van der Waals surface area contributed by atoms with Crippen molar-refractivity contribution in [2.45, 2.75) is 9.92 Å². The van der Waals surface area contributed by atoms with Crippen LogP contribution in [-0.4, -0.2) is 9.97 Å². The van der Waals surface area contributed by atoms with E-state index in [1.54, 1.807) is 0 Å². The average Bonchev–Trinajstić information content (AvgIpc) is 2.28. The average molecular weight is 318 g/mol. The van der Waals surface area contributed by atoms with E-state index in [-0.39, 0.29) is 10.6 Å². The Bertz CT molecular complexity index is 573. The van der Waals surface area contributed by atoms with E-state index in [0.29, 0.717) is 5.03 Å². The normalized spacial score (nSPS) is 10.4. The van der Waals surface area contributed by atoms with Crippen LogP contribution in [0.2, 0.25) is 5.02 Å². The zero-order valence-electron chi connectivity index (χ0n) is 7.91. The minimum atomic E-state index is -0.328. The van der Waals surface area contributed by atoms with Crippen molar-refractivity contribution in [2.24, 2.45) is 0 Å². The summed E-state index contributed by atoms with van der Waals surface area (Å²) in [5.74, 6) is 0. The van der Waals surface area contributed by atoms with Gasteiger partial charge in [0, 0.05) is 9.37 Å². The van der Waals surface area contributed by atoms with Crippen LogP contribution < -0.4 is 5.56 Å². The molecule has 1 aromatic carbocycles. The highest BCUT2D eigenvalue weighted by Gasteiger charge is 2.09. The molecule has 6 heteroatoms. The summed E-state index contributed by atoms with van der Waals surface area (Å²) < 4.78 is 0.943. The maximum absolute atomic E-state index is 11.3. The summed E-state index contributed by atoms with van der Waals surface area (Å²) in [7, 11) is 0. The van der Waals surface area contributed by atoms with Crippen molar-refractivity contribution < 1.29 is 0 Å². The summed E-state index contributed by atoms with van der Waals surface area (Å²) in [6.45, 7) is 0. The molecule has 0 aliphatic carbocycles. The highest BCUT2D eigenvalue weighted by molar-refractivity contribution is 9.10. The second kappa shape index (κ2) is 5.03. The molecule has 1 heterocycles. The fourth-order valence-electron chi connectivity index (χ4n) is 1.07. The van der Waals surface area contributed by atoms with E-state index in [1.165, 1.54) is 18.1 Å². The number of halogens is 2. The predicted octanol–water partition coefficient (Wildman–Crippen LogP) is 3.34. The SMILES string of the molecule is O=c1[nH]cnc(Sc2ccccc2Br)c1Cl. The van der Waals surface area contributed by atoms with Crippen molar-refractivity contribution in [3.8, 4) is 0 Å². The molecule has 0 saturated heterocycles. The second-order valence-corrected chi connectivity index (χ2v) is 5.15. The van der Waals surface area contributed by atoms with Crippen molar-refractivity contribution in [3.05, 3.63) is 50.4 Å². The lowest BCUT2D eigenvalue weighted by atomic mass is 10.4. The van der Waals surface area contributed by atoms with E-state index in [0.717, 1.165) is 9.37 Å². The summed E-state index contributed by atoms with van der Waals surface area (Å²) in [6, 6.07) is 7.67. The molecule has 3 nitrogen and oxygen atoms in total. The van der Waals surface area contributed by atoms with Gasteiger partial charge in [0.2, 0.25) is 0 Å². The van der Waals surface area contributed by atoms with Gasteiger partial charge in [0.25, 0.3) is 5.56 Å². The number of benzene rings is 1. The molecule has 0 atom stereocenters. The third kappa shape index (κ3) is 2.48. The fourth-order valence-corrected chi connectivity index (χ4v) is 2.62. The maximum atomic E-state index is 11.3. The van der Waals surface area contributed by atoms with Crippen LogP contribution in [0, 0.1) is 0 Å². The smallest absolute Gasteiger partial charge is 0.270 e. The first-order chi connectivity index (χ1) is 7.68. The van der Waals surface area contributed by atoms with Crippen LogP contribution in [0.3, 0.4) is 0 Å². The molecule has 82 valence electrons. The third-order valence-corrected chi connectivity index (χ3v) is 4.30. The molecular formula is C10H6BrClN2OS. The third-order valence-electron chi connectivity index (χ3n) is 1.81. The van der Waals surface area contributed by atoms with Crippen LogP contribution in [0.5, 0.6) is 0 Å². The lowest BCUT2D eigenvalue weighted by Gasteiger charge is -2.03. The zero-order chi connectivity index (χ0) is 11.5. The van der Waals surface area contributed by atoms with Gasteiger partial charge in [0.1, 0.15) is 10.0 Å². The molecule has 0 unspecified atom stereocenters. The summed E-state index contributed by atoms with van der Waals surface area (Å²) in [5, 5.41) is 0.612. The Labute approximate surface area is 109 Å². The van der Waals surface area contributed by atoms with Crippen LogP contribution in [0.15, 0.2) is 49.8 Å². The summed E-state index contributed by atoms with van der Waals surface area (Å²) in [5.41, 5.74) is -0.328. The van der Waals surface area contributed by atoms with Crippen LogP contribution in [0.1, 0.15) is 0 Å². The van der Waals surface area contributed by atoms with Gasteiger partial charge in [0.05, 0.1) is 6.33 Å². The first-order valence-corrected chi connectivity index (χ1v) is 6.33. The Morgan fingerprint density at radius 1 is 1.38 bits per heavy atom. The molecule has 0 bridgehead atoms. The molecular weight excluding hydrogens is 312 g/mol. The van der Waals surface area contributed by atoms with Crippen LogP contribution in [0.4, 0.5) is 0 Å². The van der Waals surface area contributed by atoms with Gasteiger partial charge < -0.3 is 4.98 Å². The Hall–Kier alpha value is -0.780. The Kier molecular flexibility index (Phi) is 3.68. The highest BCUT2D eigenvalue weighted by Crippen LogP contribution is 2.34. The number of nitrogens with one attached hydrogen (secondary N) is 1. The largest absolute Gasteiger partial charge is 0.312 e. The summed E-state index contributed by atoms with van der Waals surface area (Å²) >= 11 is 10.6. The fraction of sp³-hybridized carbons (Fsp3) is 0. The minimum Gasteiger partial charge on any atom is -0.312 e. The lowest BCUT2D eigenvalue weighted by Crippen LogP contribution is -2.07. The zero-order valence-corrected chi connectivity index (χ0v) is 11.1. The van der Waals surface area contributed by atoms with Gasteiger partial charge in [0.15, 0.2) is 0 Å². The van der Waals surface area contributed by atoms with Gasteiger partial charge in [-0.25, -0.2) is 4.98 Å². The Morgan fingerprint density at radius 3 is 2.88 bits per heavy atom. The molecule has 0 aliphatic heterocycles. The number of H-pyrrole nitrogens is 1. The number of aromatic amines is 1. The van der Waals surface area contributed by atoms with E-state index in [4.69, 9.17) is 11.6 Å². The van der Waals surface area contributed by atoms with Crippen LogP contribution in [-0.2, 0) is 0 Å². The Balaban J connectivity index is 2.38. The van der Waals surface area contributed by atoms with Gasteiger partial charge in [-0.05, 0) is 28.1 Å². The molecule has 2 rings (SSSR count). The quantitative estimate of drug-likeness (QED) is 0.864. The van der Waals surface area contributed by atoms with Crippen molar-refractivity contribution in [1.82, 2.24) is 9.97 Å². The minimum absolute atomic E-state index is 0.114. The molecule has 0 amide bonds. The van der Waals surface area contributed by atoms with E-state index < -0.39 is 0 Å². The molecule has 2 aromatic rings. The van der Waals surface area contributed by atoms with E-state index in [9.17, 15) is 4.79 Å². The maximum Gasteiger partial charge on any atom is 0.270 e. The van der Waals surface area contributed by atoms with Gasteiger partial charge in [-0.1, -0.05) is 35.5 Å². The molecule has 16 heavy (non-hydrogen) atoms. The molecule has 0 saturated carbocycles. The van der Waals surface area contributed by atoms with E-state index in [1.807, 2.05) is 24.3 Å². The second-order valence-electron chi connectivity index (χ2n) is 2.88. The van der Waals surface area contributed by atoms with E-state index >= 15 is 0 Å². The number of rotatable bonds is 2. The van der Waals surface area contributed by atoms with Crippen molar-refractivity contribution >= 4 is 39.3 Å². The van der Waals surface area contributed by atoms with Gasteiger partial charge >= 0.3 is 0 Å². The van der Waals surface area contributed by atoms with E-state index in [2.05, 4.69) is 25.9 Å². The molecule has 0 spiro atoms. The number of aromatic nitrogens is 2. The van der Waals surface area contributed by atoms with Crippen LogP contribution in [0.25, 0.3) is 0 Å². The monoisotopic (exact) mass is 316 g/mol. The number of hydrogen-bond donors (Lipinski definition) is 1. The lowest BCUT2D eigenvalue weighted by molar-refractivity contribution is 1.01. The number of nitrogens with zero attached hydrogens (tertiary/aromatic N) is 1. The predicted molar refractivity (Wildman–Crippen MR) is 68.1 cm³/mol. The van der Waals surface area contributed by atoms with Gasteiger partial charge in [-0.2, -0.15) is 0 Å². The highest BCUT2D eigenvalue weighted by atomic mass is 79.9. The molecule has 1 N–H and O–H groups in total. The standard InChI is InChI=1S/C10H6BrClN2OS/c11-6-3-1-2-4-7(6)16-10-8(12)9(15)13-5-14-10/h1-5H,(H,13,14,15). The molecule has 0 radical (unpaired) electrons. The van der Waals surface area contributed by atoms with Gasteiger partial charge in [-0.15, -0.1) is 0 Å². The Morgan fingerprint density at radius 2 is 2.12 bits per heavy atom. The van der Waals surface area contributed by atoms with Crippen molar-refractivity contribution in [2.75, 3.05) is 0 Å². The first-order valence-electron chi connectivity index (χ1n) is 4.34. The number of hydrogen-bond acceptors (Lipinski definition) is 3. The van der Waals surface area contributed by atoms with Gasteiger partial charge in [-0.3, -0.25) is 4.79 Å². The summed E-state index contributed by atoms with van der Waals surface area (Å²) in [4.78, 5) is 18.7. The topological polar surface area (TPSA) is 45.8 Å². The van der Waals surface area contributed by atoms with Crippen LogP contribution >= 0.6 is 39.3 Å². The van der Waals surface area contributed by atoms with Crippen molar-refractivity contribution in [3.63, 3.8) is 0 Å². The van der Waals surface area contributed by atoms with Crippen molar-refractivity contribution in [1.29, 1.82) is 0 Å². The first kappa shape index (κ1) is 11.7.